The molecule has 1 aromatic rings. The molecule has 2 rings (SSSR count). The van der Waals surface area contributed by atoms with Crippen LogP contribution in [0.4, 0.5) is 8.78 Å². The van der Waals surface area contributed by atoms with Crippen molar-refractivity contribution in [2.24, 2.45) is 0 Å². The standard InChI is InChI=1S/C11H13F2N/c1-7-9(4-5-14-7)10-6-8(12)2-3-11(10)13/h2-3,6-7,9,14H,4-5H2,1H3. The van der Waals surface area contributed by atoms with Crippen molar-refractivity contribution >= 4 is 0 Å². The van der Waals surface area contributed by atoms with E-state index in [0.29, 0.717) is 5.56 Å². The van der Waals surface area contributed by atoms with Crippen molar-refractivity contribution < 1.29 is 8.78 Å². The van der Waals surface area contributed by atoms with Gasteiger partial charge < -0.3 is 5.32 Å². The number of nitrogens with one attached hydrogen (secondary N) is 1. The minimum atomic E-state index is -0.361. The van der Waals surface area contributed by atoms with Gasteiger partial charge >= 0.3 is 0 Å². The van der Waals surface area contributed by atoms with E-state index in [9.17, 15) is 8.78 Å². The number of rotatable bonds is 1. The Balaban J connectivity index is 2.34. The maximum atomic E-state index is 13.4. The van der Waals surface area contributed by atoms with E-state index in [-0.39, 0.29) is 23.6 Å². The number of halogens is 2. The van der Waals surface area contributed by atoms with Crippen molar-refractivity contribution in [2.45, 2.75) is 25.3 Å². The van der Waals surface area contributed by atoms with Gasteiger partial charge in [0.1, 0.15) is 11.6 Å². The summed E-state index contributed by atoms with van der Waals surface area (Å²) in [5.41, 5.74) is 0.502. The van der Waals surface area contributed by atoms with E-state index in [1.54, 1.807) is 0 Å². The first-order valence-electron chi connectivity index (χ1n) is 4.87. The van der Waals surface area contributed by atoms with Crippen molar-refractivity contribution in [1.82, 2.24) is 5.32 Å². The molecule has 1 nitrogen and oxygen atoms in total. The minimum Gasteiger partial charge on any atom is -0.314 e. The van der Waals surface area contributed by atoms with Crippen LogP contribution in [0.5, 0.6) is 0 Å². The summed E-state index contributed by atoms with van der Waals surface area (Å²) in [6, 6.07) is 3.90. The van der Waals surface area contributed by atoms with Gasteiger partial charge in [0.05, 0.1) is 0 Å². The molecule has 3 heteroatoms. The molecular weight excluding hydrogens is 184 g/mol. The molecule has 0 bridgehead atoms. The lowest BCUT2D eigenvalue weighted by molar-refractivity contribution is 0.532. The van der Waals surface area contributed by atoms with Gasteiger partial charge in [0.15, 0.2) is 0 Å². The quantitative estimate of drug-likeness (QED) is 0.729. The molecule has 0 amide bonds. The number of hydrogen-bond donors (Lipinski definition) is 1. The molecule has 0 saturated carbocycles. The molecule has 0 aromatic heterocycles. The Kier molecular flexibility index (Phi) is 2.50. The maximum Gasteiger partial charge on any atom is 0.126 e. The Morgan fingerprint density at radius 2 is 2.14 bits per heavy atom. The summed E-state index contributed by atoms with van der Waals surface area (Å²) in [4.78, 5) is 0. The summed E-state index contributed by atoms with van der Waals surface area (Å²) in [5, 5.41) is 3.23. The van der Waals surface area contributed by atoms with Gasteiger partial charge in [-0.2, -0.15) is 0 Å². The van der Waals surface area contributed by atoms with Crippen LogP contribution < -0.4 is 5.32 Å². The van der Waals surface area contributed by atoms with Crippen LogP contribution in [-0.4, -0.2) is 12.6 Å². The lowest BCUT2D eigenvalue weighted by Gasteiger charge is -2.16. The smallest absolute Gasteiger partial charge is 0.126 e. The van der Waals surface area contributed by atoms with E-state index in [1.165, 1.54) is 12.1 Å². The van der Waals surface area contributed by atoms with Gasteiger partial charge in [0.2, 0.25) is 0 Å². The highest BCUT2D eigenvalue weighted by Gasteiger charge is 2.26. The van der Waals surface area contributed by atoms with Gasteiger partial charge in [-0.25, -0.2) is 8.78 Å². The fraction of sp³-hybridized carbons (Fsp3) is 0.455. The third-order valence-electron chi connectivity index (χ3n) is 2.88. The molecule has 0 aliphatic carbocycles. The fourth-order valence-corrected chi connectivity index (χ4v) is 2.08. The Morgan fingerprint density at radius 3 is 2.79 bits per heavy atom. The van der Waals surface area contributed by atoms with E-state index < -0.39 is 0 Å². The van der Waals surface area contributed by atoms with Crippen LogP contribution in [0.25, 0.3) is 0 Å². The molecule has 2 atom stereocenters. The minimum absolute atomic E-state index is 0.102. The van der Waals surface area contributed by atoms with Crippen LogP contribution in [0.15, 0.2) is 18.2 Å². The molecule has 1 fully saturated rings. The third kappa shape index (κ3) is 1.64. The fourth-order valence-electron chi connectivity index (χ4n) is 2.08. The van der Waals surface area contributed by atoms with Crippen molar-refractivity contribution in [2.75, 3.05) is 6.54 Å². The van der Waals surface area contributed by atoms with E-state index in [1.807, 2.05) is 6.92 Å². The molecule has 76 valence electrons. The van der Waals surface area contributed by atoms with Crippen LogP contribution >= 0.6 is 0 Å². The largest absolute Gasteiger partial charge is 0.314 e. The second-order valence-electron chi connectivity index (χ2n) is 3.80. The Morgan fingerprint density at radius 1 is 1.36 bits per heavy atom. The zero-order chi connectivity index (χ0) is 10.1. The lowest BCUT2D eigenvalue weighted by Crippen LogP contribution is -2.22. The van der Waals surface area contributed by atoms with Crippen molar-refractivity contribution in [3.8, 4) is 0 Å². The van der Waals surface area contributed by atoms with Gasteiger partial charge in [0.25, 0.3) is 0 Å². The Labute approximate surface area is 82.1 Å². The van der Waals surface area contributed by atoms with Crippen LogP contribution in [0.1, 0.15) is 24.8 Å². The highest BCUT2D eigenvalue weighted by molar-refractivity contribution is 5.25. The Hall–Kier alpha value is -0.960. The molecule has 1 heterocycles. The highest BCUT2D eigenvalue weighted by Crippen LogP contribution is 2.29. The van der Waals surface area contributed by atoms with Crippen LogP contribution in [0, 0.1) is 11.6 Å². The molecule has 0 spiro atoms. The summed E-state index contributed by atoms with van der Waals surface area (Å²) < 4.78 is 26.3. The zero-order valence-corrected chi connectivity index (χ0v) is 8.06. The molecular formula is C11H13F2N. The van der Waals surface area contributed by atoms with Gasteiger partial charge in [-0.15, -0.1) is 0 Å². The van der Waals surface area contributed by atoms with E-state index >= 15 is 0 Å². The van der Waals surface area contributed by atoms with E-state index in [0.717, 1.165) is 19.0 Å². The van der Waals surface area contributed by atoms with Crippen molar-refractivity contribution in [1.29, 1.82) is 0 Å². The molecule has 0 radical (unpaired) electrons. The average molecular weight is 197 g/mol. The summed E-state index contributed by atoms with van der Waals surface area (Å²) in [7, 11) is 0. The third-order valence-corrected chi connectivity index (χ3v) is 2.88. The monoisotopic (exact) mass is 197 g/mol. The summed E-state index contributed by atoms with van der Waals surface area (Å²) in [6.45, 7) is 2.88. The number of hydrogen-bond acceptors (Lipinski definition) is 1. The topological polar surface area (TPSA) is 12.0 Å². The van der Waals surface area contributed by atoms with Crippen LogP contribution in [0.3, 0.4) is 0 Å². The molecule has 1 saturated heterocycles. The molecule has 1 aliphatic heterocycles. The second kappa shape index (κ2) is 3.65. The predicted octanol–water partition coefficient (Wildman–Crippen LogP) is 2.43. The lowest BCUT2D eigenvalue weighted by atomic mass is 9.92. The maximum absolute atomic E-state index is 13.4. The van der Waals surface area contributed by atoms with Gasteiger partial charge in [-0.05, 0) is 43.7 Å². The van der Waals surface area contributed by atoms with E-state index in [4.69, 9.17) is 0 Å². The molecule has 2 unspecified atom stereocenters. The average Bonchev–Trinajstić information content (AvgIpc) is 2.56. The van der Waals surface area contributed by atoms with Crippen molar-refractivity contribution in [3.63, 3.8) is 0 Å². The number of benzene rings is 1. The predicted molar refractivity (Wildman–Crippen MR) is 51.2 cm³/mol. The van der Waals surface area contributed by atoms with Crippen molar-refractivity contribution in [3.05, 3.63) is 35.4 Å². The van der Waals surface area contributed by atoms with Crippen LogP contribution in [-0.2, 0) is 0 Å². The summed E-state index contributed by atoms with van der Waals surface area (Å²) >= 11 is 0. The molecule has 1 aliphatic rings. The summed E-state index contributed by atoms with van der Waals surface area (Å²) in [6.07, 6.45) is 0.877. The van der Waals surface area contributed by atoms with Crippen LogP contribution in [0.2, 0.25) is 0 Å². The van der Waals surface area contributed by atoms with Gasteiger partial charge in [0, 0.05) is 12.0 Å². The first kappa shape index (κ1) is 9.59. The zero-order valence-electron chi connectivity index (χ0n) is 8.06. The highest BCUT2D eigenvalue weighted by atomic mass is 19.1. The van der Waals surface area contributed by atoms with Gasteiger partial charge in [-0.1, -0.05) is 0 Å². The molecule has 14 heavy (non-hydrogen) atoms. The second-order valence-corrected chi connectivity index (χ2v) is 3.80. The molecule has 1 aromatic carbocycles. The SMILES string of the molecule is CC1NCCC1c1cc(F)ccc1F. The molecule has 1 N–H and O–H groups in total. The Bertz CT molecular complexity index is 338. The summed E-state index contributed by atoms with van der Waals surface area (Å²) in [5.74, 6) is -0.557. The van der Waals surface area contributed by atoms with E-state index in [2.05, 4.69) is 5.32 Å². The first-order valence-corrected chi connectivity index (χ1v) is 4.87. The first-order chi connectivity index (χ1) is 6.68. The normalized spacial score (nSPS) is 26.8. The van der Waals surface area contributed by atoms with Gasteiger partial charge in [-0.3, -0.25) is 0 Å².